The van der Waals surface area contributed by atoms with Crippen molar-refractivity contribution in [1.82, 2.24) is 10.6 Å². The van der Waals surface area contributed by atoms with Crippen LogP contribution < -0.4 is 15.4 Å². The van der Waals surface area contributed by atoms with Crippen molar-refractivity contribution in [3.05, 3.63) is 29.8 Å². The summed E-state index contributed by atoms with van der Waals surface area (Å²) < 4.78 is 11.5. The molecule has 1 aliphatic heterocycles. The third-order valence-corrected chi connectivity index (χ3v) is 4.93. The maximum absolute atomic E-state index is 6.07. The van der Waals surface area contributed by atoms with Crippen molar-refractivity contribution in [3.8, 4) is 5.75 Å². The Balaban J connectivity index is 1.82. The van der Waals surface area contributed by atoms with Crippen molar-refractivity contribution in [2.45, 2.75) is 46.1 Å². The summed E-state index contributed by atoms with van der Waals surface area (Å²) in [5.74, 6) is 2.29. The van der Waals surface area contributed by atoms with Gasteiger partial charge in [0.05, 0.1) is 13.2 Å². The van der Waals surface area contributed by atoms with E-state index in [2.05, 4.69) is 42.5 Å². The van der Waals surface area contributed by atoms with E-state index in [9.17, 15) is 0 Å². The van der Waals surface area contributed by atoms with Gasteiger partial charge in [0.15, 0.2) is 5.96 Å². The highest BCUT2D eigenvalue weighted by Gasteiger charge is 2.35. The molecule has 1 aliphatic rings. The van der Waals surface area contributed by atoms with Crippen LogP contribution in [0.2, 0.25) is 0 Å². The normalized spacial score (nSPS) is 21.3. The van der Waals surface area contributed by atoms with Gasteiger partial charge in [-0.1, -0.05) is 39.0 Å². The maximum Gasteiger partial charge on any atom is 0.190 e. The predicted molar refractivity (Wildman–Crippen MR) is 108 cm³/mol. The van der Waals surface area contributed by atoms with Crippen LogP contribution in [-0.4, -0.2) is 45.9 Å². The zero-order chi connectivity index (χ0) is 19.0. The first-order valence-corrected chi connectivity index (χ1v) is 9.63. The summed E-state index contributed by atoms with van der Waals surface area (Å²) in [5.41, 5.74) is 1.36. The molecule has 0 amide bonds. The molecule has 1 saturated heterocycles. The van der Waals surface area contributed by atoms with Crippen molar-refractivity contribution in [3.63, 3.8) is 0 Å². The standard InChI is InChI=1S/C21H35N3O2/c1-21(2,3)19-17(10-8-14-26-19)15-24-20(22-4)23-13-12-16-9-6-7-11-18(16)25-5/h6-7,9,11,17,19H,8,10,12-15H2,1-5H3,(H2,22,23,24). The highest BCUT2D eigenvalue weighted by molar-refractivity contribution is 5.79. The first-order chi connectivity index (χ1) is 12.5. The van der Waals surface area contributed by atoms with Gasteiger partial charge in [0.25, 0.3) is 0 Å². The van der Waals surface area contributed by atoms with Gasteiger partial charge in [-0.15, -0.1) is 0 Å². The number of ether oxygens (including phenoxy) is 2. The molecule has 0 aliphatic carbocycles. The number of methoxy groups -OCH3 is 1. The van der Waals surface area contributed by atoms with Gasteiger partial charge in [0, 0.05) is 32.7 Å². The summed E-state index contributed by atoms with van der Waals surface area (Å²) in [6.45, 7) is 9.35. The molecule has 146 valence electrons. The van der Waals surface area contributed by atoms with Gasteiger partial charge >= 0.3 is 0 Å². The number of hydrogen-bond acceptors (Lipinski definition) is 3. The second-order valence-electron chi connectivity index (χ2n) is 8.00. The van der Waals surface area contributed by atoms with E-state index in [-0.39, 0.29) is 11.5 Å². The Morgan fingerprint density at radius 3 is 2.73 bits per heavy atom. The van der Waals surface area contributed by atoms with E-state index in [1.54, 1.807) is 7.11 Å². The Bertz CT molecular complexity index is 581. The van der Waals surface area contributed by atoms with E-state index in [0.717, 1.165) is 44.2 Å². The molecule has 1 aromatic rings. The molecule has 0 spiro atoms. The van der Waals surface area contributed by atoms with Crippen LogP contribution in [-0.2, 0) is 11.2 Å². The van der Waals surface area contributed by atoms with Crippen LogP contribution in [0.1, 0.15) is 39.2 Å². The van der Waals surface area contributed by atoms with Crippen LogP contribution in [0.5, 0.6) is 5.75 Å². The van der Waals surface area contributed by atoms with Crippen molar-refractivity contribution >= 4 is 5.96 Å². The minimum atomic E-state index is 0.160. The van der Waals surface area contributed by atoms with Crippen LogP contribution in [0.15, 0.2) is 29.3 Å². The smallest absolute Gasteiger partial charge is 0.190 e. The number of nitrogens with one attached hydrogen (secondary N) is 2. The van der Waals surface area contributed by atoms with Crippen molar-refractivity contribution in [2.75, 3.05) is 33.9 Å². The predicted octanol–water partition coefficient (Wildman–Crippen LogP) is 3.24. The largest absolute Gasteiger partial charge is 0.496 e. The molecule has 5 nitrogen and oxygen atoms in total. The summed E-state index contributed by atoms with van der Waals surface area (Å²) >= 11 is 0. The Morgan fingerprint density at radius 1 is 1.27 bits per heavy atom. The van der Waals surface area contributed by atoms with Gasteiger partial charge in [0.2, 0.25) is 0 Å². The number of rotatable bonds is 6. The molecule has 1 aromatic carbocycles. The molecule has 0 aromatic heterocycles. The molecule has 2 unspecified atom stereocenters. The molecule has 5 heteroatoms. The summed E-state index contributed by atoms with van der Waals surface area (Å²) in [6.07, 6.45) is 3.52. The van der Waals surface area contributed by atoms with Crippen LogP contribution in [0.25, 0.3) is 0 Å². The van der Waals surface area contributed by atoms with E-state index in [1.807, 2.05) is 25.2 Å². The fraction of sp³-hybridized carbons (Fsp3) is 0.667. The fourth-order valence-electron chi connectivity index (χ4n) is 3.68. The number of aliphatic imine (C=N–C) groups is 1. The first kappa shape index (κ1) is 20.6. The van der Waals surface area contributed by atoms with Gasteiger partial charge in [-0.2, -0.15) is 0 Å². The van der Waals surface area contributed by atoms with Crippen molar-refractivity contribution in [1.29, 1.82) is 0 Å². The van der Waals surface area contributed by atoms with Gasteiger partial charge < -0.3 is 20.1 Å². The van der Waals surface area contributed by atoms with Gasteiger partial charge in [0.1, 0.15) is 5.75 Å². The Labute approximate surface area is 158 Å². The lowest BCUT2D eigenvalue weighted by molar-refractivity contribution is -0.0835. The average Bonchev–Trinajstić information content (AvgIpc) is 2.64. The lowest BCUT2D eigenvalue weighted by atomic mass is 9.78. The fourth-order valence-corrected chi connectivity index (χ4v) is 3.68. The molecule has 2 rings (SSSR count). The molecular weight excluding hydrogens is 326 g/mol. The van der Waals surface area contributed by atoms with E-state index >= 15 is 0 Å². The Morgan fingerprint density at radius 2 is 2.04 bits per heavy atom. The number of para-hydroxylation sites is 1. The summed E-state index contributed by atoms with van der Waals surface area (Å²) in [6, 6.07) is 8.14. The maximum atomic E-state index is 6.07. The van der Waals surface area contributed by atoms with E-state index in [4.69, 9.17) is 9.47 Å². The number of hydrogen-bond donors (Lipinski definition) is 2. The Hall–Kier alpha value is -1.75. The monoisotopic (exact) mass is 361 g/mol. The molecule has 0 saturated carbocycles. The molecule has 26 heavy (non-hydrogen) atoms. The average molecular weight is 362 g/mol. The zero-order valence-electron chi connectivity index (χ0n) is 17.0. The first-order valence-electron chi connectivity index (χ1n) is 9.63. The Kier molecular flexibility index (Phi) is 7.76. The molecule has 0 radical (unpaired) electrons. The van der Waals surface area contributed by atoms with Crippen LogP contribution in [0, 0.1) is 11.3 Å². The minimum Gasteiger partial charge on any atom is -0.496 e. The second kappa shape index (κ2) is 9.81. The second-order valence-corrected chi connectivity index (χ2v) is 8.00. The summed E-state index contributed by atoms with van der Waals surface area (Å²) in [7, 11) is 3.53. The van der Waals surface area contributed by atoms with Gasteiger partial charge in [-0.25, -0.2) is 0 Å². The zero-order valence-corrected chi connectivity index (χ0v) is 17.0. The topological polar surface area (TPSA) is 54.9 Å². The number of nitrogens with zero attached hydrogens (tertiary/aromatic N) is 1. The lowest BCUT2D eigenvalue weighted by Gasteiger charge is -2.40. The van der Waals surface area contributed by atoms with Crippen molar-refractivity contribution in [2.24, 2.45) is 16.3 Å². The highest BCUT2D eigenvalue weighted by Crippen LogP contribution is 2.33. The summed E-state index contributed by atoms with van der Waals surface area (Å²) in [4.78, 5) is 4.36. The van der Waals surface area contributed by atoms with Gasteiger partial charge in [-0.05, 0) is 36.3 Å². The summed E-state index contributed by atoms with van der Waals surface area (Å²) in [5, 5.41) is 6.89. The molecule has 2 N–H and O–H groups in total. The van der Waals surface area contributed by atoms with Gasteiger partial charge in [-0.3, -0.25) is 4.99 Å². The van der Waals surface area contributed by atoms with Crippen LogP contribution in [0.3, 0.4) is 0 Å². The molecule has 1 fully saturated rings. The number of guanidine groups is 1. The molecular formula is C21H35N3O2. The third-order valence-electron chi connectivity index (χ3n) is 4.93. The molecule has 0 bridgehead atoms. The quantitative estimate of drug-likeness (QED) is 0.603. The van der Waals surface area contributed by atoms with E-state index in [0.29, 0.717) is 5.92 Å². The molecule has 2 atom stereocenters. The van der Waals surface area contributed by atoms with Crippen LogP contribution >= 0.6 is 0 Å². The lowest BCUT2D eigenvalue weighted by Crippen LogP contribution is -2.47. The van der Waals surface area contributed by atoms with Crippen LogP contribution in [0.4, 0.5) is 0 Å². The third kappa shape index (κ3) is 5.90. The molecule has 1 heterocycles. The SMILES string of the molecule is CN=C(NCCc1ccccc1OC)NCC1CCCOC1C(C)(C)C. The highest BCUT2D eigenvalue weighted by atomic mass is 16.5. The van der Waals surface area contributed by atoms with E-state index < -0.39 is 0 Å². The van der Waals surface area contributed by atoms with Crippen molar-refractivity contribution < 1.29 is 9.47 Å². The van der Waals surface area contributed by atoms with E-state index in [1.165, 1.54) is 12.0 Å². The number of benzene rings is 1. The minimum absolute atomic E-state index is 0.160.